The van der Waals surface area contributed by atoms with Gasteiger partial charge in [0.25, 0.3) is 0 Å². The normalized spacial score (nSPS) is 16.9. The molecule has 6 heteroatoms. The molecule has 119 valence electrons. The molecular weight excluding hydrogens is 454 g/mol. The van der Waals surface area contributed by atoms with Gasteiger partial charge < -0.3 is 9.64 Å². The van der Waals surface area contributed by atoms with Crippen molar-refractivity contribution in [3.05, 3.63) is 34.3 Å². The van der Waals surface area contributed by atoms with Crippen LogP contribution in [0.15, 0.2) is 22.7 Å². The Morgan fingerprint density at radius 2 is 2.26 bits per heavy atom. The molecule has 3 nitrogen and oxygen atoms in total. The van der Waals surface area contributed by atoms with Gasteiger partial charge in [-0.15, -0.1) is 34.8 Å². The van der Waals surface area contributed by atoms with Crippen LogP contribution in [0.2, 0.25) is 0 Å². The van der Waals surface area contributed by atoms with Gasteiger partial charge in [0.2, 0.25) is 5.91 Å². The molecule has 1 radical (unpaired) electrons. The third kappa shape index (κ3) is 5.07. The summed E-state index contributed by atoms with van der Waals surface area (Å²) in [4.78, 5) is 13.8. The zero-order valence-electron chi connectivity index (χ0n) is 13.0. The minimum Gasteiger partial charge on any atom is -0.481 e. The molecule has 1 atom stereocenters. The van der Waals surface area contributed by atoms with Crippen LogP contribution in [0.1, 0.15) is 25.8 Å². The summed E-state index contributed by atoms with van der Waals surface area (Å²) in [7, 11) is 0. The monoisotopic (exact) mass is 469 g/mol. The molecule has 0 aromatic heterocycles. The minimum atomic E-state index is -0.530. The maximum absolute atomic E-state index is 12.2. The smallest absolute Gasteiger partial charge is 0.241 e. The quantitative estimate of drug-likeness (QED) is 0.380. The Bertz CT molecular complexity index is 666. The van der Waals surface area contributed by atoms with Gasteiger partial charge in [0.1, 0.15) is 17.7 Å². The van der Waals surface area contributed by atoms with Gasteiger partial charge in [0.05, 0.1) is 0 Å². The van der Waals surface area contributed by atoms with Crippen molar-refractivity contribution in [2.45, 2.75) is 25.6 Å². The second-order valence-corrected chi connectivity index (χ2v) is 6.02. The molecule has 0 saturated carbocycles. The van der Waals surface area contributed by atoms with Crippen molar-refractivity contribution in [3.63, 3.8) is 0 Å². The Morgan fingerprint density at radius 1 is 1.52 bits per heavy atom. The molecule has 1 aromatic carbocycles. The van der Waals surface area contributed by atoms with E-state index < -0.39 is 5.38 Å². The molecule has 23 heavy (non-hydrogen) atoms. The Labute approximate surface area is 175 Å². The second kappa shape index (κ2) is 9.84. The number of rotatable bonds is 4. The predicted octanol–water partition coefficient (Wildman–Crippen LogP) is 3.85. The van der Waals surface area contributed by atoms with E-state index in [-0.39, 0.29) is 38.6 Å². The van der Waals surface area contributed by atoms with Crippen molar-refractivity contribution in [1.29, 1.82) is 0 Å². The topological polar surface area (TPSA) is 29.5 Å². The molecule has 1 amide bonds. The molecule has 2 rings (SSSR count). The molecule has 1 aromatic rings. The number of nitrogens with zero attached hydrogens (tertiary/aromatic N) is 1. The van der Waals surface area contributed by atoms with Crippen LogP contribution in [-0.2, 0) is 37.5 Å². The van der Waals surface area contributed by atoms with E-state index in [1.165, 1.54) is 0 Å². The molecule has 0 N–H and O–H groups in total. The Morgan fingerprint density at radius 3 is 2.87 bits per heavy atom. The van der Waals surface area contributed by atoms with E-state index >= 15 is 0 Å². The van der Waals surface area contributed by atoms with E-state index in [0.717, 1.165) is 21.5 Å². The van der Waals surface area contributed by atoms with Crippen LogP contribution in [0.25, 0.3) is 5.70 Å². The van der Waals surface area contributed by atoms with E-state index in [0.29, 0.717) is 19.6 Å². The van der Waals surface area contributed by atoms with Crippen LogP contribution >= 0.6 is 27.5 Å². The van der Waals surface area contributed by atoms with Crippen LogP contribution < -0.4 is 4.74 Å². The van der Waals surface area contributed by atoms with E-state index in [4.69, 9.17) is 16.3 Å². The molecule has 1 aliphatic heterocycles. The number of allylic oxidation sites excluding steroid dienone is 1. The number of hydrogen-bond donors (Lipinski definition) is 0. The first-order chi connectivity index (χ1) is 10.6. The van der Waals surface area contributed by atoms with Crippen molar-refractivity contribution in [3.8, 4) is 17.6 Å². The second-order valence-electron chi connectivity index (χ2n) is 4.64. The third-order valence-corrected chi connectivity index (χ3v) is 4.25. The van der Waals surface area contributed by atoms with E-state index in [1.807, 2.05) is 25.1 Å². The summed E-state index contributed by atoms with van der Waals surface area (Å²) >= 11 is 9.55. The Kier molecular flexibility index (Phi) is 8.86. The fourth-order valence-corrected chi connectivity index (χ4v) is 2.91. The van der Waals surface area contributed by atoms with Crippen LogP contribution in [0.5, 0.6) is 5.75 Å². The molecule has 0 aliphatic carbocycles. The van der Waals surface area contributed by atoms with Crippen LogP contribution in [-0.4, -0.2) is 29.3 Å². The number of alkyl halides is 1. The molecule has 1 unspecified atom stereocenters. The van der Waals surface area contributed by atoms with Crippen LogP contribution in [0.4, 0.5) is 0 Å². The Balaban J connectivity index is 0.00000264. The third-order valence-electron chi connectivity index (χ3n) is 3.25. The van der Waals surface area contributed by atoms with Crippen molar-refractivity contribution in [2.75, 3.05) is 13.2 Å². The van der Waals surface area contributed by atoms with Gasteiger partial charge in [0.15, 0.2) is 0 Å². The average Bonchev–Trinajstić information content (AvgIpc) is 2.51. The van der Waals surface area contributed by atoms with Gasteiger partial charge in [-0.2, -0.15) is 0 Å². The number of amides is 1. The van der Waals surface area contributed by atoms with Gasteiger partial charge in [-0.3, -0.25) is 4.79 Å². The zero-order chi connectivity index (χ0) is 16.1. The zero-order valence-corrected chi connectivity index (χ0v) is 18.2. The van der Waals surface area contributed by atoms with E-state index in [1.54, 1.807) is 11.8 Å². The number of hydrogen-bond acceptors (Lipinski definition) is 2. The van der Waals surface area contributed by atoms with Crippen molar-refractivity contribution < 1.29 is 42.2 Å². The molecular formula is C17H16BrClNO2Y-. The average molecular weight is 471 g/mol. The van der Waals surface area contributed by atoms with Crippen LogP contribution in [0, 0.1) is 17.9 Å². The van der Waals surface area contributed by atoms with E-state index in [9.17, 15) is 4.79 Å². The number of ether oxygens (including phenoxy) is 1. The fourth-order valence-electron chi connectivity index (χ4n) is 2.17. The van der Waals surface area contributed by atoms with Gasteiger partial charge in [-0.25, -0.2) is 6.08 Å². The molecule has 0 spiro atoms. The van der Waals surface area contributed by atoms with Crippen molar-refractivity contribution in [1.82, 2.24) is 4.90 Å². The van der Waals surface area contributed by atoms with Gasteiger partial charge in [-0.05, 0) is 26.0 Å². The first-order valence-electron chi connectivity index (χ1n) is 6.97. The minimum absolute atomic E-state index is 0. The summed E-state index contributed by atoms with van der Waals surface area (Å²) < 4.78 is 6.37. The molecule has 1 aliphatic rings. The summed E-state index contributed by atoms with van der Waals surface area (Å²) in [6.45, 7) is 4.60. The number of halogens is 2. The molecule has 1 heterocycles. The summed E-state index contributed by atoms with van der Waals surface area (Å²) in [6.07, 6.45) is 3.65. The molecule has 0 saturated heterocycles. The first kappa shape index (κ1) is 20.7. The molecule has 0 bridgehead atoms. The maximum Gasteiger partial charge on any atom is 0.241 e. The fraction of sp³-hybridized carbons (Fsp3) is 0.353. The van der Waals surface area contributed by atoms with Crippen molar-refractivity contribution in [2.24, 2.45) is 0 Å². The predicted molar refractivity (Wildman–Crippen MR) is 91.4 cm³/mol. The summed E-state index contributed by atoms with van der Waals surface area (Å²) in [6, 6.07) is 5.63. The summed E-state index contributed by atoms with van der Waals surface area (Å²) in [5, 5.41) is -0.530. The standard InChI is InChI=1S/C17H16BrClNO2.Y/c1-3-5-10-22-12-6-7-13(14(18)11-12)16-9-8-15(19)17(21)20(16)4-2;/h6-7,11,15H,4,8,10H2,1-2H3;/q-1;. The van der Waals surface area contributed by atoms with Crippen molar-refractivity contribution >= 4 is 39.1 Å². The van der Waals surface area contributed by atoms with Crippen LogP contribution in [0.3, 0.4) is 0 Å². The van der Waals surface area contributed by atoms with Gasteiger partial charge in [0, 0.05) is 39.3 Å². The summed E-state index contributed by atoms with van der Waals surface area (Å²) in [5.41, 5.74) is 1.66. The van der Waals surface area contributed by atoms with E-state index in [2.05, 4.69) is 33.8 Å². The summed E-state index contributed by atoms with van der Waals surface area (Å²) in [5.74, 6) is 6.27. The SMILES string of the molecule is CC#CCOc1ccc(C2=[C-]CC(Cl)C(=O)N2CC)c(Br)c1.[Y]. The maximum atomic E-state index is 12.2. The van der Waals surface area contributed by atoms with Gasteiger partial charge >= 0.3 is 0 Å². The largest absolute Gasteiger partial charge is 0.481 e. The molecule has 0 fully saturated rings. The number of carbonyl (C=O) groups is 1. The first-order valence-corrected chi connectivity index (χ1v) is 8.20. The Hall–Kier alpha value is -0.336. The van der Waals surface area contributed by atoms with Gasteiger partial charge in [-0.1, -0.05) is 32.7 Å². The number of benzene rings is 1. The number of carbonyl (C=O) groups excluding carboxylic acids is 1.